The Morgan fingerprint density at radius 1 is 1.13 bits per heavy atom. The second-order valence-corrected chi connectivity index (χ2v) is 9.49. The first-order valence-electron chi connectivity index (χ1n) is 11.2. The molecule has 1 aliphatic carbocycles. The molecule has 0 spiro atoms. The van der Waals surface area contributed by atoms with Gasteiger partial charge in [-0.25, -0.2) is 4.79 Å². The van der Waals surface area contributed by atoms with Crippen molar-refractivity contribution in [3.05, 3.63) is 70.6 Å². The maximum atomic E-state index is 13.4. The Morgan fingerprint density at radius 3 is 2.65 bits per heavy atom. The number of allylic oxidation sites excluding steroid dienone is 3. The van der Waals surface area contributed by atoms with E-state index in [0.717, 1.165) is 52.6 Å². The summed E-state index contributed by atoms with van der Waals surface area (Å²) in [6, 6.07) is 14.3. The molecule has 0 saturated carbocycles. The maximum absolute atomic E-state index is 13.4. The standard InChI is InChI=1S/C27H31NO3/c1-5-6-14-31-26(30)23-17(2)28-21-15-27(3,4)16-22(29)25(21)24(23)20-13-9-11-18-10-7-8-12-19(18)20/h7-13,24,28H,5-6,14-16H2,1-4H3/t24-/m0/s1. The average molecular weight is 418 g/mol. The molecule has 0 fully saturated rings. The molecule has 1 N–H and O–H groups in total. The highest BCUT2D eigenvalue weighted by molar-refractivity contribution is 6.05. The smallest absolute Gasteiger partial charge is 0.336 e. The van der Waals surface area contributed by atoms with E-state index < -0.39 is 5.92 Å². The second kappa shape index (κ2) is 8.33. The lowest BCUT2D eigenvalue weighted by molar-refractivity contribution is -0.139. The Labute approximate surface area is 184 Å². The number of Topliss-reactive ketones (excluding diaryl/α,β-unsaturated/α-hetero) is 1. The molecule has 0 bridgehead atoms. The van der Waals surface area contributed by atoms with Crippen LogP contribution in [0.25, 0.3) is 10.8 Å². The number of dihydropyridines is 1. The number of hydrogen-bond acceptors (Lipinski definition) is 4. The van der Waals surface area contributed by atoms with Crippen LogP contribution in [0.5, 0.6) is 0 Å². The molecule has 0 aromatic heterocycles. The molecule has 2 aliphatic rings. The topological polar surface area (TPSA) is 55.4 Å². The molecule has 1 aliphatic heterocycles. The second-order valence-electron chi connectivity index (χ2n) is 9.49. The molecule has 2 aromatic carbocycles. The Balaban J connectivity index is 1.89. The number of esters is 1. The lowest BCUT2D eigenvalue weighted by atomic mass is 9.68. The fourth-order valence-corrected chi connectivity index (χ4v) is 4.91. The summed E-state index contributed by atoms with van der Waals surface area (Å²) in [6.45, 7) is 8.62. The van der Waals surface area contributed by atoms with Gasteiger partial charge in [0.15, 0.2) is 5.78 Å². The minimum atomic E-state index is -0.417. The van der Waals surface area contributed by atoms with E-state index in [0.29, 0.717) is 18.6 Å². The summed E-state index contributed by atoms with van der Waals surface area (Å²) in [4.78, 5) is 26.7. The molecular formula is C27H31NO3. The largest absolute Gasteiger partial charge is 0.462 e. The van der Waals surface area contributed by atoms with Gasteiger partial charge in [0.1, 0.15) is 0 Å². The van der Waals surface area contributed by atoms with Crippen LogP contribution in [0, 0.1) is 5.41 Å². The van der Waals surface area contributed by atoms with Gasteiger partial charge in [-0.2, -0.15) is 0 Å². The number of rotatable bonds is 5. The van der Waals surface area contributed by atoms with Gasteiger partial charge in [0.05, 0.1) is 12.2 Å². The maximum Gasteiger partial charge on any atom is 0.336 e. The van der Waals surface area contributed by atoms with Crippen molar-refractivity contribution in [1.29, 1.82) is 0 Å². The highest BCUT2D eigenvalue weighted by atomic mass is 16.5. The molecule has 2 aromatic rings. The third-order valence-corrected chi connectivity index (χ3v) is 6.33. The van der Waals surface area contributed by atoms with Gasteiger partial charge in [-0.15, -0.1) is 0 Å². The predicted molar refractivity (Wildman–Crippen MR) is 123 cm³/mol. The lowest BCUT2D eigenvalue weighted by Gasteiger charge is -2.39. The van der Waals surface area contributed by atoms with Crippen molar-refractivity contribution in [2.45, 2.75) is 59.3 Å². The zero-order valence-electron chi connectivity index (χ0n) is 18.9. The Hall–Kier alpha value is -2.88. The number of carbonyl (C=O) groups is 2. The molecule has 4 nitrogen and oxygen atoms in total. The van der Waals surface area contributed by atoms with Crippen LogP contribution in [0.1, 0.15) is 64.9 Å². The summed E-state index contributed by atoms with van der Waals surface area (Å²) in [6.07, 6.45) is 3.04. The van der Waals surface area contributed by atoms with Gasteiger partial charge in [-0.1, -0.05) is 69.7 Å². The van der Waals surface area contributed by atoms with E-state index >= 15 is 0 Å². The van der Waals surface area contributed by atoms with Gasteiger partial charge in [-0.05, 0) is 41.5 Å². The van der Waals surface area contributed by atoms with Gasteiger partial charge < -0.3 is 10.1 Å². The van der Waals surface area contributed by atoms with Crippen LogP contribution in [0.15, 0.2) is 65.0 Å². The van der Waals surface area contributed by atoms with E-state index in [2.05, 4.69) is 44.3 Å². The first kappa shape index (κ1) is 21.4. The van der Waals surface area contributed by atoms with E-state index in [-0.39, 0.29) is 17.2 Å². The fraction of sp³-hybridized carbons (Fsp3) is 0.407. The van der Waals surface area contributed by atoms with E-state index in [1.165, 1.54) is 0 Å². The zero-order valence-corrected chi connectivity index (χ0v) is 18.9. The number of benzene rings is 2. The lowest BCUT2D eigenvalue weighted by Crippen LogP contribution is -2.38. The number of ketones is 1. The number of hydrogen-bond donors (Lipinski definition) is 1. The number of ether oxygens (including phenoxy) is 1. The molecule has 31 heavy (non-hydrogen) atoms. The van der Waals surface area contributed by atoms with Gasteiger partial charge in [0.2, 0.25) is 0 Å². The number of carbonyl (C=O) groups excluding carboxylic acids is 2. The van der Waals surface area contributed by atoms with Gasteiger partial charge in [-0.3, -0.25) is 4.79 Å². The summed E-state index contributed by atoms with van der Waals surface area (Å²) in [5, 5.41) is 5.57. The van der Waals surface area contributed by atoms with E-state index in [9.17, 15) is 9.59 Å². The first-order chi connectivity index (χ1) is 14.8. The van der Waals surface area contributed by atoms with E-state index in [4.69, 9.17) is 4.74 Å². The average Bonchev–Trinajstić information content (AvgIpc) is 2.71. The number of nitrogens with one attached hydrogen (secondary N) is 1. The summed E-state index contributed by atoms with van der Waals surface area (Å²) in [5.41, 5.74) is 3.89. The molecule has 162 valence electrons. The quantitative estimate of drug-likeness (QED) is 0.494. The summed E-state index contributed by atoms with van der Waals surface area (Å²) in [7, 11) is 0. The Bertz CT molecular complexity index is 1100. The first-order valence-corrected chi connectivity index (χ1v) is 11.2. The normalized spacial score (nSPS) is 20.5. The third kappa shape index (κ3) is 4.04. The van der Waals surface area contributed by atoms with Crippen molar-refractivity contribution in [3.8, 4) is 0 Å². The van der Waals surface area contributed by atoms with Crippen LogP contribution in [0.2, 0.25) is 0 Å². The van der Waals surface area contributed by atoms with Crippen LogP contribution in [-0.4, -0.2) is 18.4 Å². The molecule has 0 amide bonds. The van der Waals surface area contributed by atoms with Crippen LogP contribution < -0.4 is 5.32 Å². The van der Waals surface area contributed by atoms with Crippen molar-refractivity contribution in [2.24, 2.45) is 5.41 Å². The van der Waals surface area contributed by atoms with Crippen molar-refractivity contribution >= 4 is 22.5 Å². The van der Waals surface area contributed by atoms with Crippen molar-refractivity contribution < 1.29 is 14.3 Å². The van der Waals surface area contributed by atoms with Gasteiger partial charge in [0, 0.05) is 29.3 Å². The van der Waals surface area contributed by atoms with Gasteiger partial charge in [0.25, 0.3) is 0 Å². The van der Waals surface area contributed by atoms with Crippen LogP contribution >= 0.6 is 0 Å². The fourth-order valence-electron chi connectivity index (χ4n) is 4.91. The predicted octanol–water partition coefficient (Wildman–Crippen LogP) is 5.79. The Kier molecular flexibility index (Phi) is 5.74. The molecule has 0 saturated heterocycles. The molecule has 4 heteroatoms. The monoisotopic (exact) mass is 417 g/mol. The molecule has 1 atom stereocenters. The third-order valence-electron chi connectivity index (χ3n) is 6.33. The number of fused-ring (bicyclic) bond motifs is 1. The Morgan fingerprint density at radius 2 is 1.87 bits per heavy atom. The van der Waals surface area contributed by atoms with Crippen LogP contribution in [0.3, 0.4) is 0 Å². The highest BCUT2D eigenvalue weighted by Gasteiger charge is 2.43. The molecular weight excluding hydrogens is 386 g/mol. The van der Waals surface area contributed by atoms with Crippen LogP contribution in [-0.2, 0) is 14.3 Å². The molecule has 0 radical (unpaired) electrons. The number of unbranched alkanes of at least 4 members (excludes halogenated alkanes) is 1. The molecule has 1 heterocycles. The van der Waals surface area contributed by atoms with Crippen molar-refractivity contribution in [1.82, 2.24) is 5.32 Å². The van der Waals surface area contributed by atoms with Gasteiger partial charge >= 0.3 is 5.97 Å². The minimum Gasteiger partial charge on any atom is -0.462 e. The molecule has 0 unspecified atom stereocenters. The SMILES string of the molecule is CCCCOC(=O)C1=C(C)NC2=C(C(=O)CC(C)(C)C2)[C@H]1c1cccc2ccccc12. The summed E-state index contributed by atoms with van der Waals surface area (Å²) < 4.78 is 5.64. The molecule has 4 rings (SSSR count). The highest BCUT2D eigenvalue weighted by Crippen LogP contribution is 2.48. The van der Waals surface area contributed by atoms with Crippen molar-refractivity contribution in [3.63, 3.8) is 0 Å². The zero-order chi connectivity index (χ0) is 22.2. The summed E-state index contributed by atoms with van der Waals surface area (Å²) >= 11 is 0. The van der Waals surface area contributed by atoms with Crippen molar-refractivity contribution in [2.75, 3.05) is 6.61 Å². The summed E-state index contributed by atoms with van der Waals surface area (Å²) in [5.74, 6) is -0.635. The van der Waals surface area contributed by atoms with E-state index in [1.54, 1.807) is 0 Å². The minimum absolute atomic E-state index is 0.106. The van der Waals surface area contributed by atoms with Crippen LogP contribution in [0.4, 0.5) is 0 Å². The van der Waals surface area contributed by atoms with E-state index in [1.807, 2.05) is 31.2 Å².